The summed E-state index contributed by atoms with van der Waals surface area (Å²) in [6.07, 6.45) is 24.5. The highest BCUT2D eigenvalue weighted by molar-refractivity contribution is 5.76. The van der Waals surface area contributed by atoms with Gasteiger partial charge in [0.25, 0.3) is 0 Å². The van der Waals surface area contributed by atoms with Crippen LogP contribution in [0.1, 0.15) is 222 Å². The SMILES string of the molecule is C=C1[C@@H](O)[C@@H]2O[C@]3(CC[C@H](C=C[C@@H](C)[C@@H]4CC(C)=C[C@@]5(O[C@H](C[C@@](C)(O)C(=O)O)CC[C@H]5OC(=O)CCCCCCCCCCCCCCC)O4)O3)CC[C@H]2O[C@@H]1[C@@H](O)C[C@H](C)[C@H]1O[C@@]2(CC[C@H]1C)OCCC[C@H]2C. The quantitative estimate of drug-likeness (QED) is 0.0384. The largest absolute Gasteiger partial charge is 0.479 e. The molecular formula is C61H100O14. The molecule has 7 aliphatic rings. The first-order valence-corrected chi connectivity index (χ1v) is 30.0. The van der Waals surface area contributed by atoms with Crippen LogP contribution in [0.5, 0.6) is 0 Å². The minimum absolute atomic E-state index is 0.0279. The van der Waals surface area contributed by atoms with Gasteiger partial charge in [-0.3, -0.25) is 4.79 Å². The molecule has 14 nitrogen and oxygen atoms in total. The number of rotatable bonds is 25. The van der Waals surface area contributed by atoms with Gasteiger partial charge in [-0.2, -0.15) is 0 Å². The molecule has 3 spiro atoms. The number of ether oxygens (including phenoxy) is 8. The van der Waals surface area contributed by atoms with E-state index < -0.39 is 71.7 Å². The van der Waals surface area contributed by atoms with Gasteiger partial charge in [0.1, 0.15) is 18.3 Å². The van der Waals surface area contributed by atoms with Crippen molar-refractivity contribution in [2.24, 2.45) is 23.7 Å². The van der Waals surface area contributed by atoms with Crippen molar-refractivity contribution in [1.29, 1.82) is 0 Å². The molecule has 18 atom stereocenters. The van der Waals surface area contributed by atoms with E-state index in [0.29, 0.717) is 81.8 Å². The lowest BCUT2D eigenvalue weighted by molar-refractivity contribution is -0.334. The van der Waals surface area contributed by atoms with Crippen molar-refractivity contribution in [2.75, 3.05) is 6.61 Å². The van der Waals surface area contributed by atoms with Crippen LogP contribution in [0.2, 0.25) is 0 Å². The van der Waals surface area contributed by atoms with E-state index in [0.717, 1.165) is 50.5 Å². The number of carbonyl (C=O) groups excluding carboxylic acids is 1. The van der Waals surface area contributed by atoms with E-state index in [1.54, 1.807) is 0 Å². The number of aliphatic hydroxyl groups excluding tert-OH is 2. The van der Waals surface area contributed by atoms with E-state index in [4.69, 9.17) is 37.9 Å². The molecule has 0 amide bonds. The maximum absolute atomic E-state index is 13.5. The first-order valence-electron chi connectivity index (χ1n) is 30.0. The van der Waals surface area contributed by atoms with Crippen LogP contribution in [0.4, 0.5) is 0 Å². The standard InChI is InChI=1S/C61H100O14/c1-9-10-11-12-13-14-15-16-17-18-19-20-21-24-52(63)70-51-28-27-47(39-58(8,67)57(65)66)72-61(51)38-40(2)36-50(73-61)41(3)25-26-46-30-32-59(71-46)33-31-49-56(74-59)53(64)45(7)55(69-49)48(62)37-43(5)54-42(4)29-34-60(75-54)44(6)23-22-35-68-60/h25-26,38,41-44,46-51,53-56,62,64,67H,7,9-24,27-37,39H2,1-6,8H3,(H,65,66)/t41-,42-,43+,44-,46+,47+,48+,49-,50+,51-,53-,54+,55+,56-,58-,59-,60-,61-/m1/s1. The van der Waals surface area contributed by atoms with E-state index in [9.17, 15) is 30.0 Å². The molecule has 7 aliphatic heterocycles. The Morgan fingerprint density at radius 1 is 0.880 bits per heavy atom. The van der Waals surface area contributed by atoms with Crippen molar-refractivity contribution < 1.29 is 67.9 Å². The third-order valence-corrected chi connectivity index (χ3v) is 18.2. The summed E-state index contributed by atoms with van der Waals surface area (Å²) in [7, 11) is 0. The normalized spacial score (nSPS) is 38.3. The summed E-state index contributed by atoms with van der Waals surface area (Å²) >= 11 is 0. The van der Waals surface area contributed by atoms with Crippen LogP contribution in [0.15, 0.2) is 36.0 Å². The summed E-state index contributed by atoms with van der Waals surface area (Å²) in [6, 6.07) is 0. The Bertz CT molecular complexity index is 1900. The zero-order valence-electron chi connectivity index (χ0n) is 47.2. The first kappa shape index (κ1) is 60.4. The average molecular weight is 1060 g/mol. The summed E-state index contributed by atoms with van der Waals surface area (Å²) in [6.45, 7) is 19.1. The zero-order valence-corrected chi connectivity index (χ0v) is 47.2. The lowest BCUT2D eigenvalue weighted by Crippen LogP contribution is -2.60. The van der Waals surface area contributed by atoms with Crippen LogP contribution in [-0.4, -0.2) is 123 Å². The molecular weight excluding hydrogens is 957 g/mol. The van der Waals surface area contributed by atoms with Crippen molar-refractivity contribution in [1.82, 2.24) is 0 Å². The smallest absolute Gasteiger partial charge is 0.335 e. The van der Waals surface area contributed by atoms with E-state index in [-0.39, 0.29) is 42.5 Å². The minimum atomic E-state index is -2.01. The number of hydrogen-bond donors (Lipinski definition) is 4. The molecule has 0 saturated carbocycles. The number of esters is 1. The molecule has 0 unspecified atom stereocenters. The Labute approximate surface area is 450 Å². The fourth-order valence-corrected chi connectivity index (χ4v) is 13.5. The Kier molecular flexibility index (Phi) is 22.0. The Morgan fingerprint density at radius 3 is 2.24 bits per heavy atom. The van der Waals surface area contributed by atoms with Gasteiger partial charge in [0.05, 0.1) is 43.2 Å². The van der Waals surface area contributed by atoms with Crippen molar-refractivity contribution >= 4 is 11.9 Å². The molecule has 7 rings (SSSR count). The van der Waals surface area contributed by atoms with Gasteiger partial charge in [0, 0.05) is 43.9 Å². The molecule has 6 fully saturated rings. The maximum Gasteiger partial charge on any atom is 0.335 e. The van der Waals surface area contributed by atoms with E-state index >= 15 is 0 Å². The molecule has 0 aromatic carbocycles. The summed E-state index contributed by atoms with van der Waals surface area (Å²) < 4.78 is 52.8. The highest BCUT2D eigenvalue weighted by atomic mass is 16.7. The molecule has 428 valence electrons. The lowest BCUT2D eigenvalue weighted by Gasteiger charge is -2.51. The Hall–Kier alpha value is -2.24. The van der Waals surface area contributed by atoms with Crippen molar-refractivity contribution in [2.45, 2.75) is 306 Å². The number of carbonyl (C=O) groups is 2. The second-order valence-electron chi connectivity index (χ2n) is 24.8. The van der Waals surface area contributed by atoms with Gasteiger partial charge < -0.3 is 58.3 Å². The zero-order chi connectivity index (χ0) is 54.0. The molecule has 14 heteroatoms. The number of unbranched alkanes of at least 4 members (excludes halogenated alkanes) is 12. The van der Waals surface area contributed by atoms with Crippen LogP contribution in [0, 0.1) is 23.7 Å². The minimum Gasteiger partial charge on any atom is -0.479 e. The fourth-order valence-electron chi connectivity index (χ4n) is 13.5. The van der Waals surface area contributed by atoms with Gasteiger partial charge in [-0.1, -0.05) is 136 Å². The molecule has 0 radical (unpaired) electrons. The molecule has 6 saturated heterocycles. The molecule has 75 heavy (non-hydrogen) atoms. The summed E-state index contributed by atoms with van der Waals surface area (Å²) in [5.74, 6) is -4.00. The van der Waals surface area contributed by atoms with Gasteiger partial charge in [0.2, 0.25) is 5.79 Å². The molecule has 0 aromatic heterocycles. The van der Waals surface area contributed by atoms with E-state index in [2.05, 4.69) is 53.3 Å². The van der Waals surface area contributed by atoms with Gasteiger partial charge in [-0.05, 0) is 102 Å². The Morgan fingerprint density at radius 2 is 1.56 bits per heavy atom. The number of carboxylic acids is 1. The van der Waals surface area contributed by atoms with Crippen molar-refractivity contribution in [3.05, 3.63) is 36.0 Å². The number of hydrogen-bond acceptors (Lipinski definition) is 13. The van der Waals surface area contributed by atoms with Crippen molar-refractivity contribution in [3.63, 3.8) is 0 Å². The maximum atomic E-state index is 13.5. The van der Waals surface area contributed by atoms with Gasteiger partial charge in [-0.25, -0.2) is 4.79 Å². The predicted molar refractivity (Wildman–Crippen MR) is 286 cm³/mol. The average Bonchev–Trinajstić information content (AvgIpc) is 3.78. The van der Waals surface area contributed by atoms with Gasteiger partial charge >= 0.3 is 11.9 Å². The third-order valence-electron chi connectivity index (χ3n) is 18.2. The second kappa shape index (κ2) is 27.3. The summed E-state index contributed by atoms with van der Waals surface area (Å²) in [5, 5.41) is 44.0. The predicted octanol–water partition coefficient (Wildman–Crippen LogP) is 11.5. The Balaban J connectivity index is 0.900. The molecule has 4 N–H and O–H groups in total. The fraction of sp³-hybridized carbons (Fsp3) is 0.869. The molecule has 0 aliphatic carbocycles. The topological polar surface area (TPSA) is 189 Å². The van der Waals surface area contributed by atoms with Crippen LogP contribution in [0.25, 0.3) is 0 Å². The molecule has 0 aromatic rings. The lowest BCUT2D eigenvalue weighted by atomic mass is 9.78. The van der Waals surface area contributed by atoms with Gasteiger partial charge in [-0.15, -0.1) is 0 Å². The highest BCUT2D eigenvalue weighted by Gasteiger charge is 2.56. The number of fused-ring (bicyclic) bond motifs is 1. The molecule has 0 bridgehead atoms. The van der Waals surface area contributed by atoms with Crippen LogP contribution in [-0.2, 0) is 47.5 Å². The summed E-state index contributed by atoms with van der Waals surface area (Å²) in [5.41, 5.74) is -0.595. The highest BCUT2D eigenvalue weighted by Crippen LogP contribution is 2.49. The third kappa shape index (κ3) is 15.6. The van der Waals surface area contributed by atoms with Gasteiger partial charge in [0.15, 0.2) is 23.3 Å². The van der Waals surface area contributed by atoms with E-state index in [1.807, 2.05) is 13.0 Å². The van der Waals surface area contributed by atoms with Crippen LogP contribution >= 0.6 is 0 Å². The first-order chi connectivity index (χ1) is 35.8. The number of aliphatic carboxylic acids is 1. The van der Waals surface area contributed by atoms with E-state index in [1.165, 1.54) is 71.1 Å². The monoisotopic (exact) mass is 1060 g/mol. The van der Waals surface area contributed by atoms with Crippen LogP contribution < -0.4 is 0 Å². The van der Waals surface area contributed by atoms with Crippen LogP contribution in [0.3, 0.4) is 0 Å². The number of aliphatic hydroxyl groups is 3. The summed E-state index contributed by atoms with van der Waals surface area (Å²) in [4.78, 5) is 25.4. The molecule has 7 heterocycles. The second-order valence-corrected chi connectivity index (χ2v) is 24.8. The number of carboxylic acid groups (broad SMARTS) is 1. The van der Waals surface area contributed by atoms with Crippen molar-refractivity contribution in [3.8, 4) is 0 Å².